The molecule has 2 fully saturated rings. The molecule has 2 saturated heterocycles. The van der Waals surface area contributed by atoms with E-state index in [2.05, 4.69) is 134 Å². The van der Waals surface area contributed by atoms with Crippen LogP contribution in [-0.4, -0.2) is 75.3 Å². The molecule has 1 unspecified atom stereocenters. The lowest BCUT2D eigenvalue weighted by molar-refractivity contribution is -0.178. The van der Waals surface area contributed by atoms with E-state index in [1.54, 1.807) is 0 Å². The molecule has 0 amide bonds. The average molecular weight is 699 g/mol. The summed E-state index contributed by atoms with van der Waals surface area (Å²) in [6, 6.07) is 4.10. The third kappa shape index (κ3) is 9.08. The Balaban J connectivity index is 2.20. The molecule has 1 aromatic carbocycles. The van der Waals surface area contributed by atoms with Crippen molar-refractivity contribution in [2.75, 3.05) is 14.1 Å². The number of esters is 2. The summed E-state index contributed by atoms with van der Waals surface area (Å²) in [5, 5.41) is 11.7. The highest BCUT2D eigenvalue weighted by atomic mass is 16.6. The van der Waals surface area contributed by atoms with E-state index >= 15 is 0 Å². The second-order valence-corrected chi connectivity index (χ2v) is 20.0. The molecular weight excluding hydrogens is 624 g/mol. The quantitative estimate of drug-likeness (QED) is 0.182. The molecule has 286 valence electrons. The minimum atomic E-state index is -1.13. The van der Waals surface area contributed by atoms with Gasteiger partial charge in [-0.05, 0) is 104 Å². The number of carbonyl (C=O) groups excluding carboxylic acids is 2. The van der Waals surface area contributed by atoms with Gasteiger partial charge >= 0.3 is 11.9 Å². The van der Waals surface area contributed by atoms with Gasteiger partial charge in [0.15, 0.2) is 5.92 Å². The van der Waals surface area contributed by atoms with Gasteiger partial charge in [-0.15, -0.1) is 0 Å². The number of phenolic OH excluding ortho intramolecular Hbond substituents is 1. The number of carbonyl (C=O) groups is 2. The minimum Gasteiger partial charge on any atom is -0.507 e. The first kappa shape index (κ1) is 42.3. The van der Waals surface area contributed by atoms with Crippen LogP contribution in [0.5, 0.6) is 5.75 Å². The molecule has 0 saturated carbocycles. The predicted molar refractivity (Wildman–Crippen MR) is 206 cm³/mol. The zero-order chi connectivity index (χ0) is 38.4. The van der Waals surface area contributed by atoms with Gasteiger partial charge in [0.25, 0.3) is 0 Å². The van der Waals surface area contributed by atoms with Crippen LogP contribution in [0.1, 0.15) is 178 Å². The van der Waals surface area contributed by atoms with Crippen LogP contribution in [-0.2, 0) is 29.9 Å². The normalized spacial score (nSPS) is 22.4. The van der Waals surface area contributed by atoms with Gasteiger partial charge in [0, 0.05) is 59.3 Å². The molecule has 50 heavy (non-hydrogen) atoms. The number of piperidine rings is 2. The van der Waals surface area contributed by atoms with Gasteiger partial charge < -0.3 is 14.6 Å². The molecule has 2 aliphatic heterocycles. The minimum absolute atomic E-state index is 0.186. The number of ether oxygens (including phenoxy) is 2. The van der Waals surface area contributed by atoms with Crippen molar-refractivity contribution in [3.8, 4) is 5.75 Å². The van der Waals surface area contributed by atoms with Crippen LogP contribution in [0.2, 0.25) is 0 Å². The van der Waals surface area contributed by atoms with Crippen LogP contribution in [0.15, 0.2) is 12.1 Å². The van der Waals surface area contributed by atoms with E-state index in [1.807, 2.05) is 6.07 Å². The monoisotopic (exact) mass is 699 g/mol. The first-order valence-corrected chi connectivity index (χ1v) is 19.4. The summed E-state index contributed by atoms with van der Waals surface area (Å²) in [6.07, 6.45) is 5.27. The molecule has 7 heteroatoms. The summed E-state index contributed by atoms with van der Waals surface area (Å²) >= 11 is 0. The summed E-state index contributed by atoms with van der Waals surface area (Å²) < 4.78 is 13.0. The number of hydrogen-bond donors (Lipinski definition) is 1. The van der Waals surface area contributed by atoms with Crippen LogP contribution in [0, 0.1) is 5.92 Å². The van der Waals surface area contributed by atoms with Crippen molar-refractivity contribution < 1.29 is 24.2 Å². The highest BCUT2D eigenvalue weighted by Crippen LogP contribution is 2.46. The van der Waals surface area contributed by atoms with Gasteiger partial charge in [0.05, 0.1) is 0 Å². The van der Waals surface area contributed by atoms with E-state index in [4.69, 9.17) is 9.47 Å². The van der Waals surface area contributed by atoms with Crippen LogP contribution in [0.4, 0.5) is 0 Å². The van der Waals surface area contributed by atoms with E-state index in [0.717, 1.165) is 36.0 Å². The Kier molecular flexibility index (Phi) is 12.5. The highest BCUT2D eigenvalue weighted by Gasteiger charge is 2.49. The molecule has 7 nitrogen and oxygen atoms in total. The molecule has 0 aliphatic carbocycles. The number of hydrogen-bond acceptors (Lipinski definition) is 7. The zero-order valence-electron chi connectivity index (χ0n) is 35.1. The Hall–Kier alpha value is -2.12. The molecule has 1 atom stereocenters. The van der Waals surface area contributed by atoms with E-state index in [9.17, 15) is 14.7 Å². The maximum atomic E-state index is 14.8. The Bertz CT molecular complexity index is 1280. The molecule has 2 aliphatic rings. The molecule has 0 spiro atoms. The standard InChI is InChI=1S/C43H74N2O5/c1-18-20-21-31(28-22-32(38(3,4)5)35(46)33(23-28)39(6,7)19-2)34(36(47)49-29-24-40(8,9)44(16)41(10,11)25-29)37(48)50-30-26-42(12,13)45(17)43(14,15)27-30/h22-23,29-31,34,46H,18-21,24-27H2,1-17H3. The molecule has 3 rings (SSSR count). The van der Waals surface area contributed by atoms with Gasteiger partial charge in [0.2, 0.25) is 0 Å². The number of benzene rings is 1. The molecule has 2 heterocycles. The Morgan fingerprint density at radius 2 is 1.14 bits per heavy atom. The largest absolute Gasteiger partial charge is 0.507 e. The van der Waals surface area contributed by atoms with E-state index in [0.29, 0.717) is 37.9 Å². The maximum Gasteiger partial charge on any atom is 0.321 e. The molecule has 0 bridgehead atoms. The smallest absolute Gasteiger partial charge is 0.321 e. The lowest BCUT2D eigenvalue weighted by atomic mass is 9.73. The summed E-state index contributed by atoms with van der Waals surface area (Å²) in [4.78, 5) is 34.3. The highest BCUT2D eigenvalue weighted by molar-refractivity contribution is 5.96. The van der Waals surface area contributed by atoms with E-state index < -0.39 is 23.8 Å². The molecule has 1 aromatic rings. The Morgan fingerprint density at radius 1 is 0.760 bits per heavy atom. The maximum absolute atomic E-state index is 14.8. The average Bonchev–Trinajstić information content (AvgIpc) is 2.95. The van der Waals surface area contributed by atoms with Crippen molar-refractivity contribution in [3.05, 3.63) is 28.8 Å². The van der Waals surface area contributed by atoms with Crippen molar-refractivity contribution in [1.29, 1.82) is 0 Å². The first-order chi connectivity index (χ1) is 22.6. The number of unbranched alkanes of at least 4 members (excludes halogenated alkanes) is 1. The first-order valence-electron chi connectivity index (χ1n) is 19.4. The summed E-state index contributed by atoms with van der Waals surface area (Å²) in [5.41, 5.74) is 1.15. The van der Waals surface area contributed by atoms with Gasteiger partial charge in [-0.2, -0.15) is 0 Å². The summed E-state index contributed by atoms with van der Waals surface area (Å²) in [7, 11) is 4.27. The number of nitrogens with zero attached hydrogens (tertiary/aromatic N) is 2. The Morgan fingerprint density at radius 3 is 1.48 bits per heavy atom. The van der Waals surface area contributed by atoms with Crippen LogP contribution in [0.3, 0.4) is 0 Å². The summed E-state index contributed by atoms with van der Waals surface area (Å²) in [6.45, 7) is 32.4. The van der Waals surface area contributed by atoms with Crippen molar-refractivity contribution in [1.82, 2.24) is 9.80 Å². The zero-order valence-corrected chi connectivity index (χ0v) is 35.1. The predicted octanol–water partition coefficient (Wildman–Crippen LogP) is 9.66. The van der Waals surface area contributed by atoms with Crippen molar-refractivity contribution in [3.63, 3.8) is 0 Å². The fourth-order valence-corrected chi connectivity index (χ4v) is 8.72. The van der Waals surface area contributed by atoms with Gasteiger partial charge in [-0.3, -0.25) is 19.4 Å². The fourth-order valence-electron chi connectivity index (χ4n) is 8.72. The van der Waals surface area contributed by atoms with Gasteiger partial charge in [0.1, 0.15) is 18.0 Å². The van der Waals surface area contributed by atoms with E-state index in [-0.39, 0.29) is 45.2 Å². The van der Waals surface area contributed by atoms with Crippen LogP contribution < -0.4 is 0 Å². The van der Waals surface area contributed by atoms with Crippen molar-refractivity contribution in [2.24, 2.45) is 5.92 Å². The molecule has 1 N–H and O–H groups in total. The molecule has 0 aromatic heterocycles. The van der Waals surface area contributed by atoms with Crippen molar-refractivity contribution in [2.45, 2.75) is 206 Å². The van der Waals surface area contributed by atoms with E-state index in [1.165, 1.54) is 0 Å². The van der Waals surface area contributed by atoms with Crippen LogP contribution in [0.25, 0.3) is 0 Å². The lowest BCUT2D eigenvalue weighted by Gasteiger charge is -2.53. The van der Waals surface area contributed by atoms with Gasteiger partial charge in [-0.25, -0.2) is 0 Å². The Labute approximate surface area is 306 Å². The van der Waals surface area contributed by atoms with Gasteiger partial charge in [-0.1, -0.05) is 73.4 Å². The molecule has 0 radical (unpaired) electrons. The number of aromatic hydroxyl groups is 1. The number of rotatable bonds is 11. The lowest BCUT2D eigenvalue weighted by Crippen LogP contribution is -2.61. The summed E-state index contributed by atoms with van der Waals surface area (Å²) in [5.74, 6) is -2.29. The van der Waals surface area contributed by atoms with Crippen LogP contribution >= 0.6 is 0 Å². The second kappa shape index (κ2) is 14.7. The third-order valence-corrected chi connectivity index (χ3v) is 12.9. The second-order valence-electron chi connectivity index (χ2n) is 20.0. The topological polar surface area (TPSA) is 79.3 Å². The number of phenols is 1. The van der Waals surface area contributed by atoms with Crippen molar-refractivity contribution >= 4 is 11.9 Å². The number of likely N-dealkylation sites (tertiary alicyclic amines) is 2. The fraction of sp³-hybridized carbons (Fsp3) is 0.814. The molecular formula is C43H74N2O5. The third-order valence-electron chi connectivity index (χ3n) is 12.9. The SMILES string of the molecule is CCCCC(c1cc(C(C)(C)C)c(O)c(C(C)(C)CC)c1)C(C(=O)OC1CC(C)(C)N(C)C(C)(C)C1)C(=O)OC1CC(C)(C)N(C)C(C)(C)C1.